The summed E-state index contributed by atoms with van der Waals surface area (Å²) < 4.78 is 0. The molecule has 2 nitrogen and oxygen atoms in total. The van der Waals surface area contributed by atoms with Crippen LogP contribution in [-0.4, -0.2) is 30.9 Å². The molecule has 42 valence electrons. The van der Waals surface area contributed by atoms with Crippen LogP contribution in [0.15, 0.2) is 0 Å². The van der Waals surface area contributed by atoms with E-state index in [2.05, 4.69) is 0 Å². The van der Waals surface area contributed by atoms with E-state index in [4.69, 9.17) is 0 Å². The van der Waals surface area contributed by atoms with E-state index in [0.29, 0.717) is 12.7 Å². The Bertz CT molecular complexity index is 80.5. The van der Waals surface area contributed by atoms with Crippen LogP contribution in [0.1, 0.15) is 19.8 Å². The summed E-state index contributed by atoms with van der Waals surface area (Å²) in [6, 6.07) is 0. The van der Waals surface area contributed by atoms with Gasteiger partial charge >= 0.3 is 18.9 Å². The van der Waals surface area contributed by atoms with Gasteiger partial charge in [0.1, 0.15) is 0 Å². The van der Waals surface area contributed by atoms with Crippen molar-refractivity contribution in [3.8, 4) is 0 Å². The third kappa shape index (κ3) is 5.94. The van der Waals surface area contributed by atoms with Crippen LogP contribution < -0.4 is 0 Å². The zero-order valence-electron chi connectivity index (χ0n) is 4.31. The van der Waals surface area contributed by atoms with Crippen molar-refractivity contribution < 1.29 is 9.59 Å². The molecule has 0 aliphatic carbocycles. The van der Waals surface area contributed by atoms with E-state index in [1.54, 1.807) is 0 Å². The third-order valence-corrected chi connectivity index (χ3v) is 0.628. The average molecular weight is 108 g/mol. The summed E-state index contributed by atoms with van der Waals surface area (Å²) in [7, 11) is 0. The first kappa shape index (κ1) is 10.8. The first-order valence-corrected chi connectivity index (χ1v) is 2.29. The van der Waals surface area contributed by atoms with Crippen molar-refractivity contribution in [2.45, 2.75) is 19.8 Å². The second-order valence-electron chi connectivity index (χ2n) is 1.33. The third-order valence-electron chi connectivity index (χ3n) is 0.628. The molecule has 3 heteroatoms. The van der Waals surface area contributed by atoms with Gasteiger partial charge in [0.25, 0.3) is 0 Å². The molecule has 0 aromatic carbocycles. The van der Waals surface area contributed by atoms with Gasteiger partial charge in [-0.1, -0.05) is 6.92 Å². The van der Waals surface area contributed by atoms with Gasteiger partial charge in [0.05, 0.1) is 0 Å². The van der Waals surface area contributed by atoms with Gasteiger partial charge in [-0.3, -0.25) is 9.59 Å². The molecule has 0 saturated carbocycles. The second kappa shape index (κ2) is 6.94. The van der Waals surface area contributed by atoms with E-state index in [9.17, 15) is 9.59 Å². The second-order valence-corrected chi connectivity index (χ2v) is 1.33. The first-order valence-electron chi connectivity index (χ1n) is 2.29. The number of hydrogen-bond acceptors (Lipinski definition) is 2. The Kier molecular flexibility index (Phi) is 9.40. The van der Waals surface area contributed by atoms with E-state index in [0.717, 1.165) is 6.42 Å². The van der Waals surface area contributed by atoms with Crippen molar-refractivity contribution in [3.63, 3.8) is 0 Å². The van der Waals surface area contributed by atoms with Crippen molar-refractivity contribution in [2.75, 3.05) is 0 Å². The standard InChI is InChI=1S/C5H8O2.Li.H/c1-2-3-5(7)4-6;;/h4H,2-3H2,1H3;;. The number of aldehydes is 1. The number of carbonyl (C=O) groups excluding carboxylic acids is 2. The Labute approximate surface area is 60.8 Å². The van der Waals surface area contributed by atoms with E-state index in [1.807, 2.05) is 6.92 Å². The van der Waals surface area contributed by atoms with Crippen LogP contribution >= 0.6 is 0 Å². The number of Topliss-reactive ketones (excluding diaryl/α,β-unsaturated/α-hetero) is 1. The fourth-order valence-corrected chi connectivity index (χ4v) is 0.305. The Morgan fingerprint density at radius 3 is 2.25 bits per heavy atom. The Balaban J connectivity index is 0. The number of rotatable bonds is 3. The van der Waals surface area contributed by atoms with Crippen molar-refractivity contribution in [1.29, 1.82) is 0 Å². The maximum atomic E-state index is 10.0. The molecule has 0 aliphatic heterocycles. The molecule has 0 N–H and O–H groups in total. The number of hydrogen-bond donors (Lipinski definition) is 0. The van der Waals surface area contributed by atoms with Gasteiger partial charge in [-0.2, -0.15) is 0 Å². The Morgan fingerprint density at radius 2 is 2.12 bits per heavy atom. The van der Waals surface area contributed by atoms with E-state index in [-0.39, 0.29) is 24.6 Å². The molecule has 0 amide bonds. The molecule has 0 rings (SSSR count). The Morgan fingerprint density at radius 1 is 1.62 bits per heavy atom. The topological polar surface area (TPSA) is 34.1 Å². The molecule has 0 aliphatic rings. The van der Waals surface area contributed by atoms with Crippen LogP contribution in [0, 0.1) is 0 Å². The number of carbonyl (C=O) groups is 2. The molecular formula is C5H9LiO2. The SMILES string of the molecule is CCCC(=O)C=O.[LiH]. The molecule has 0 radical (unpaired) electrons. The summed E-state index contributed by atoms with van der Waals surface area (Å²) in [5.74, 6) is -0.303. The quantitative estimate of drug-likeness (QED) is 0.287. The summed E-state index contributed by atoms with van der Waals surface area (Å²) in [5.41, 5.74) is 0. The van der Waals surface area contributed by atoms with E-state index < -0.39 is 0 Å². The molecule has 0 aromatic heterocycles. The van der Waals surface area contributed by atoms with Crippen LogP contribution in [-0.2, 0) is 9.59 Å². The molecule has 8 heavy (non-hydrogen) atoms. The van der Waals surface area contributed by atoms with Crippen molar-refractivity contribution in [2.24, 2.45) is 0 Å². The summed E-state index contributed by atoms with van der Waals surface area (Å²) in [6.45, 7) is 1.86. The minimum atomic E-state index is -0.303. The zero-order valence-corrected chi connectivity index (χ0v) is 4.31. The molecular weight excluding hydrogens is 99.0 g/mol. The van der Waals surface area contributed by atoms with Crippen LogP contribution in [0.3, 0.4) is 0 Å². The fourth-order valence-electron chi connectivity index (χ4n) is 0.305. The molecule has 0 fully saturated rings. The molecule has 0 saturated heterocycles. The predicted molar refractivity (Wildman–Crippen MR) is 33.1 cm³/mol. The van der Waals surface area contributed by atoms with Crippen LogP contribution in [0.2, 0.25) is 0 Å². The van der Waals surface area contributed by atoms with Crippen LogP contribution in [0.4, 0.5) is 0 Å². The molecule has 0 spiro atoms. The van der Waals surface area contributed by atoms with Crippen molar-refractivity contribution >= 4 is 30.9 Å². The van der Waals surface area contributed by atoms with Gasteiger partial charge < -0.3 is 0 Å². The maximum absolute atomic E-state index is 10.0. The number of ketones is 1. The van der Waals surface area contributed by atoms with Crippen molar-refractivity contribution in [3.05, 3.63) is 0 Å². The van der Waals surface area contributed by atoms with Gasteiger partial charge in [0, 0.05) is 6.42 Å². The average Bonchev–Trinajstić information content (AvgIpc) is 1.68. The van der Waals surface area contributed by atoms with Gasteiger partial charge in [-0.15, -0.1) is 0 Å². The zero-order chi connectivity index (χ0) is 5.70. The van der Waals surface area contributed by atoms with E-state index >= 15 is 0 Å². The van der Waals surface area contributed by atoms with Gasteiger partial charge in [-0.05, 0) is 6.42 Å². The monoisotopic (exact) mass is 108 g/mol. The van der Waals surface area contributed by atoms with Crippen LogP contribution in [0.5, 0.6) is 0 Å². The molecule has 0 unspecified atom stereocenters. The van der Waals surface area contributed by atoms with E-state index in [1.165, 1.54) is 0 Å². The molecule has 0 atom stereocenters. The summed E-state index contributed by atoms with van der Waals surface area (Å²) >= 11 is 0. The minimum absolute atomic E-state index is 0. The Hall–Kier alpha value is -0.0626. The normalized spacial score (nSPS) is 7.12. The summed E-state index contributed by atoms with van der Waals surface area (Å²) in [6.07, 6.45) is 1.52. The summed E-state index contributed by atoms with van der Waals surface area (Å²) in [5, 5.41) is 0. The molecule has 0 heterocycles. The first-order chi connectivity index (χ1) is 3.31. The van der Waals surface area contributed by atoms with Crippen molar-refractivity contribution in [1.82, 2.24) is 0 Å². The summed E-state index contributed by atoms with van der Waals surface area (Å²) in [4.78, 5) is 19.6. The molecule has 0 aromatic rings. The molecule has 0 bridgehead atoms. The van der Waals surface area contributed by atoms with Gasteiger partial charge in [0.15, 0.2) is 12.1 Å². The van der Waals surface area contributed by atoms with Crippen LogP contribution in [0.25, 0.3) is 0 Å². The van der Waals surface area contributed by atoms with Gasteiger partial charge in [0.2, 0.25) is 0 Å². The predicted octanol–water partition coefficient (Wildman–Crippen LogP) is -0.0940. The van der Waals surface area contributed by atoms with Gasteiger partial charge in [-0.25, -0.2) is 0 Å². The fraction of sp³-hybridized carbons (Fsp3) is 0.600.